The minimum absolute atomic E-state index is 0.0259. The summed E-state index contributed by atoms with van der Waals surface area (Å²) in [6, 6.07) is 7.60. The number of nitrogens with zero attached hydrogens (tertiary/aromatic N) is 3. The Bertz CT molecular complexity index is 1230. The predicted octanol–water partition coefficient (Wildman–Crippen LogP) is 7.06. The average molecular weight is 618 g/mol. The smallest absolute Gasteiger partial charge is 0.264 e. The molecule has 1 unspecified atom stereocenters. The molecule has 0 aromatic carbocycles. The zero-order valence-corrected chi connectivity index (χ0v) is 28.0. The lowest BCUT2D eigenvalue weighted by atomic mass is 9.76. The highest BCUT2D eigenvalue weighted by molar-refractivity contribution is 7.97. The molecule has 1 aliphatic carbocycles. The van der Waals surface area contributed by atoms with Gasteiger partial charge in [-0.3, -0.25) is 14.3 Å². The second kappa shape index (κ2) is 14.4. The quantitative estimate of drug-likeness (QED) is 0.135. The highest BCUT2D eigenvalue weighted by Gasteiger charge is 2.37. The number of halogens is 1. The SMILES string of the molecule is CC1(C)CCCc2cc(C(=O)NSc3cccc(NCCCC4CN(C=O)C(C)(C)C4)n3)c(Cl)nc21.COC(C)(C)C. The van der Waals surface area contributed by atoms with E-state index in [4.69, 9.17) is 16.3 Å². The van der Waals surface area contributed by atoms with E-state index in [-0.39, 0.29) is 27.6 Å². The molecule has 2 amide bonds. The number of aryl methyl sites for hydroxylation is 1. The van der Waals surface area contributed by atoms with Crippen molar-refractivity contribution in [3.63, 3.8) is 0 Å². The van der Waals surface area contributed by atoms with Gasteiger partial charge in [-0.25, -0.2) is 9.97 Å². The fraction of sp³-hybridized carbons (Fsp3) is 0.625. The maximum absolute atomic E-state index is 12.9. The highest BCUT2D eigenvalue weighted by Crippen LogP contribution is 2.37. The summed E-state index contributed by atoms with van der Waals surface area (Å²) in [5.74, 6) is 1.03. The first-order chi connectivity index (χ1) is 19.6. The molecule has 232 valence electrons. The lowest BCUT2D eigenvalue weighted by Crippen LogP contribution is -2.36. The van der Waals surface area contributed by atoms with E-state index in [1.165, 1.54) is 11.9 Å². The Labute approximate surface area is 261 Å². The van der Waals surface area contributed by atoms with E-state index in [0.717, 1.165) is 75.1 Å². The van der Waals surface area contributed by atoms with E-state index >= 15 is 0 Å². The molecule has 10 heteroatoms. The van der Waals surface area contributed by atoms with Crippen molar-refractivity contribution in [1.82, 2.24) is 19.6 Å². The van der Waals surface area contributed by atoms with E-state index in [0.29, 0.717) is 16.5 Å². The van der Waals surface area contributed by atoms with Crippen LogP contribution in [0.3, 0.4) is 0 Å². The van der Waals surface area contributed by atoms with E-state index in [1.807, 2.05) is 49.9 Å². The third-order valence-corrected chi connectivity index (χ3v) is 9.03. The van der Waals surface area contributed by atoms with Crippen LogP contribution in [0.4, 0.5) is 5.82 Å². The van der Waals surface area contributed by atoms with Crippen LogP contribution in [0.15, 0.2) is 29.3 Å². The van der Waals surface area contributed by atoms with E-state index < -0.39 is 0 Å². The summed E-state index contributed by atoms with van der Waals surface area (Å²) < 4.78 is 7.80. The molecule has 0 radical (unpaired) electrons. The van der Waals surface area contributed by atoms with Gasteiger partial charge in [0.05, 0.1) is 16.9 Å². The first kappa shape index (κ1) is 34.1. The molecular formula is C32H48ClN5O3S. The maximum atomic E-state index is 12.9. The highest BCUT2D eigenvalue weighted by atomic mass is 35.5. The van der Waals surface area contributed by atoms with Gasteiger partial charge in [-0.15, -0.1) is 0 Å². The van der Waals surface area contributed by atoms with Crippen molar-refractivity contribution in [1.29, 1.82) is 0 Å². The molecule has 1 saturated heterocycles. The van der Waals surface area contributed by atoms with Crippen molar-refractivity contribution in [2.45, 2.75) is 109 Å². The Hall–Kier alpha value is -2.36. The summed E-state index contributed by atoms with van der Waals surface area (Å²) >= 11 is 7.58. The third kappa shape index (κ3) is 9.58. The predicted molar refractivity (Wildman–Crippen MR) is 172 cm³/mol. The van der Waals surface area contributed by atoms with Crippen molar-refractivity contribution in [3.05, 3.63) is 46.2 Å². The number of anilines is 1. The number of carbonyl (C=O) groups is 2. The number of aromatic nitrogens is 2. The Morgan fingerprint density at radius 2 is 1.95 bits per heavy atom. The number of pyridine rings is 2. The Kier molecular flexibility index (Phi) is 11.7. The Morgan fingerprint density at radius 1 is 1.24 bits per heavy atom. The van der Waals surface area contributed by atoms with Crippen LogP contribution in [0.25, 0.3) is 0 Å². The van der Waals surface area contributed by atoms with Gasteiger partial charge in [0.15, 0.2) is 0 Å². The fourth-order valence-corrected chi connectivity index (χ4v) is 6.25. The van der Waals surface area contributed by atoms with Gasteiger partial charge in [-0.05, 0) is 103 Å². The summed E-state index contributed by atoms with van der Waals surface area (Å²) in [6.07, 6.45) is 7.15. The molecule has 0 bridgehead atoms. The Balaban J connectivity index is 0.000000730. The monoisotopic (exact) mass is 617 g/mol. The standard InChI is InChI=1S/C27H36ClN5O2S.C5H12O/c1-26(2)12-6-9-19-14-20(24(28)31-23(19)26)25(35)32-36-22-11-5-10-21(30-22)29-13-7-8-18-15-27(3,4)33(16-18)17-34;1-5(2,3)6-4/h5,10-11,14,17-18H,6-9,12-13,15-16H2,1-4H3,(H,29,30)(H,32,35);1-4H3. The van der Waals surface area contributed by atoms with Crippen LogP contribution in [0, 0.1) is 5.92 Å². The van der Waals surface area contributed by atoms with Crippen LogP contribution in [0.5, 0.6) is 0 Å². The number of hydrogen-bond acceptors (Lipinski definition) is 7. The summed E-state index contributed by atoms with van der Waals surface area (Å²) in [6.45, 7) is 16.3. The van der Waals surface area contributed by atoms with Gasteiger partial charge in [0, 0.05) is 43.1 Å². The van der Waals surface area contributed by atoms with Crippen LogP contribution >= 0.6 is 23.5 Å². The number of methoxy groups -OCH3 is 1. The van der Waals surface area contributed by atoms with Gasteiger partial charge >= 0.3 is 0 Å². The van der Waals surface area contributed by atoms with Crippen LogP contribution in [0.2, 0.25) is 5.15 Å². The number of ether oxygens (including phenoxy) is 1. The molecule has 2 N–H and O–H groups in total. The number of hydrogen-bond donors (Lipinski definition) is 2. The second-order valence-corrected chi connectivity index (χ2v) is 14.7. The first-order valence-corrected chi connectivity index (χ1v) is 16.0. The number of likely N-dealkylation sites (tertiary alicyclic amines) is 1. The molecule has 42 heavy (non-hydrogen) atoms. The molecule has 8 nitrogen and oxygen atoms in total. The largest absolute Gasteiger partial charge is 0.379 e. The van der Waals surface area contributed by atoms with Gasteiger partial charge in [0.1, 0.15) is 16.0 Å². The normalized spacial score (nSPS) is 18.9. The van der Waals surface area contributed by atoms with Gasteiger partial charge < -0.3 is 15.0 Å². The number of amides is 2. The maximum Gasteiger partial charge on any atom is 0.264 e. The molecule has 2 aromatic heterocycles. The van der Waals surface area contributed by atoms with E-state index in [9.17, 15) is 9.59 Å². The molecule has 0 saturated carbocycles. The lowest BCUT2D eigenvalue weighted by Gasteiger charge is -2.31. The van der Waals surface area contributed by atoms with Gasteiger partial charge in [-0.1, -0.05) is 31.5 Å². The minimum Gasteiger partial charge on any atom is -0.379 e. The number of rotatable bonds is 9. The van der Waals surface area contributed by atoms with Crippen molar-refractivity contribution < 1.29 is 14.3 Å². The van der Waals surface area contributed by atoms with Gasteiger partial charge in [-0.2, -0.15) is 0 Å². The third-order valence-electron chi connectivity index (χ3n) is 8.02. The molecule has 1 fully saturated rings. The van der Waals surface area contributed by atoms with Crippen molar-refractivity contribution in [3.8, 4) is 0 Å². The zero-order chi connectivity index (χ0) is 31.1. The molecule has 2 aromatic rings. The lowest BCUT2D eigenvalue weighted by molar-refractivity contribution is -0.120. The molecule has 1 atom stereocenters. The van der Waals surface area contributed by atoms with Gasteiger partial charge in [0.2, 0.25) is 6.41 Å². The summed E-state index contributed by atoms with van der Waals surface area (Å²) in [7, 11) is 1.71. The van der Waals surface area contributed by atoms with Gasteiger partial charge in [0.25, 0.3) is 5.91 Å². The second-order valence-electron chi connectivity index (χ2n) is 13.5. The van der Waals surface area contributed by atoms with Crippen LogP contribution in [-0.4, -0.2) is 58.5 Å². The Morgan fingerprint density at radius 3 is 2.60 bits per heavy atom. The summed E-state index contributed by atoms with van der Waals surface area (Å²) in [5.41, 5.74) is 2.48. The number of nitrogens with one attached hydrogen (secondary N) is 2. The number of fused-ring (bicyclic) bond motifs is 1. The molecule has 4 rings (SSSR count). The summed E-state index contributed by atoms with van der Waals surface area (Å²) in [5, 5.41) is 4.31. The molecule has 0 spiro atoms. The minimum atomic E-state index is -0.271. The fourth-order valence-electron chi connectivity index (χ4n) is 5.43. The average Bonchev–Trinajstić information content (AvgIpc) is 3.23. The number of carbonyl (C=O) groups excluding carboxylic acids is 2. The topological polar surface area (TPSA) is 96.5 Å². The van der Waals surface area contributed by atoms with Crippen molar-refractivity contribution in [2.75, 3.05) is 25.5 Å². The molecule has 2 aliphatic rings. The zero-order valence-electron chi connectivity index (χ0n) is 26.5. The molecule has 3 heterocycles. The summed E-state index contributed by atoms with van der Waals surface area (Å²) in [4.78, 5) is 35.2. The van der Waals surface area contributed by atoms with E-state index in [2.05, 4.69) is 47.7 Å². The van der Waals surface area contributed by atoms with Crippen LogP contribution in [-0.2, 0) is 21.4 Å². The first-order valence-electron chi connectivity index (χ1n) is 14.8. The molecular weight excluding hydrogens is 570 g/mol. The van der Waals surface area contributed by atoms with E-state index in [1.54, 1.807) is 7.11 Å². The van der Waals surface area contributed by atoms with Crippen LogP contribution < -0.4 is 10.0 Å². The molecule has 1 aliphatic heterocycles. The van der Waals surface area contributed by atoms with Crippen molar-refractivity contribution >= 4 is 41.7 Å². The van der Waals surface area contributed by atoms with Crippen molar-refractivity contribution in [2.24, 2.45) is 5.92 Å². The van der Waals surface area contributed by atoms with Crippen LogP contribution in [0.1, 0.15) is 102 Å².